The molecule has 2 nitrogen and oxygen atoms in total. The van der Waals surface area contributed by atoms with Crippen LogP contribution in [0.3, 0.4) is 0 Å². The predicted octanol–water partition coefficient (Wildman–Crippen LogP) is 3.23. The van der Waals surface area contributed by atoms with Crippen LogP contribution in [0.5, 0.6) is 5.75 Å². The average molecular weight is 284 g/mol. The summed E-state index contributed by atoms with van der Waals surface area (Å²) < 4.78 is 6.40. The molecule has 0 spiro atoms. The molecule has 0 saturated carbocycles. The van der Waals surface area contributed by atoms with Gasteiger partial charge in [-0.25, -0.2) is 0 Å². The van der Waals surface area contributed by atoms with Crippen molar-refractivity contribution in [3.8, 4) is 5.75 Å². The third-order valence-corrected chi connectivity index (χ3v) is 4.33. The molecule has 1 N–H and O–H groups in total. The van der Waals surface area contributed by atoms with Crippen LogP contribution in [0.4, 0.5) is 0 Å². The number of rotatable bonds is 2. The van der Waals surface area contributed by atoms with Crippen molar-refractivity contribution in [3.05, 3.63) is 27.7 Å². The van der Waals surface area contributed by atoms with E-state index < -0.39 is 0 Å². The average Bonchev–Trinajstić information content (AvgIpc) is 2.34. The zero-order valence-corrected chi connectivity index (χ0v) is 11.4. The Morgan fingerprint density at radius 2 is 2.25 bits per heavy atom. The second-order valence-electron chi connectivity index (χ2n) is 4.34. The van der Waals surface area contributed by atoms with Gasteiger partial charge in [0.1, 0.15) is 5.75 Å². The third-order valence-electron chi connectivity index (χ3n) is 3.35. The Labute approximate surface area is 106 Å². The lowest BCUT2D eigenvalue weighted by Crippen LogP contribution is -2.28. The minimum absolute atomic E-state index is 0.649. The Morgan fingerprint density at radius 3 is 2.88 bits per heavy atom. The van der Waals surface area contributed by atoms with Crippen LogP contribution in [0.1, 0.15) is 29.9 Å². The molecule has 3 heteroatoms. The number of hydrogen-bond donors (Lipinski definition) is 1. The van der Waals surface area contributed by atoms with Crippen molar-refractivity contribution in [1.29, 1.82) is 0 Å². The van der Waals surface area contributed by atoms with Gasteiger partial charge in [0.15, 0.2) is 0 Å². The monoisotopic (exact) mass is 283 g/mol. The van der Waals surface area contributed by atoms with Crippen molar-refractivity contribution < 1.29 is 4.74 Å². The summed E-state index contributed by atoms with van der Waals surface area (Å²) in [5.74, 6) is 1.57. The molecule has 1 fully saturated rings. The topological polar surface area (TPSA) is 21.3 Å². The van der Waals surface area contributed by atoms with Crippen LogP contribution in [0.2, 0.25) is 0 Å². The van der Waals surface area contributed by atoms with Crippen molar-refractivity contribution >= 4 is 15.9 Å². The molecule has 2 rings (SSSR count). The molecule has 0 radical (unpaired) electrons. The fourth-order valence-corrected chi connectivity index (χ4v) is 2.92. The summed E-state index contributed by atoms with van der Waals surface area (Å²) in [6.07, 6.45) is 2.56. The first kappa shape index (κ1) is 11.9. The Balaban J connectivity index is 2.30. The fourth-order valence-electron chi connectivity index (χ4n) is 2.39. The van der Waals surface area contributed by atoms with Crippen LogP contribution in [-0.4, -0.2) is 20.2 Å². The zero-order chi connectivity index (χ0) is 11.5. The van der Waals surface area contributed by atoms with E-state index in [2.05, 4.69) is 40.3 Å². The summed E-state index contributed by atoms with van der Waals surface area (Å²) in [5.41, 5.74) is 2.76. The highest BCUT2D eigenvalue weighted by Crippen LogP contribution is 2.35. The summed E-state index contributed by atoms with van der Waals surface area (Å²) in [5, 5.41) is 3.46. The van der Waals surface area contributed by atoms with Crippen LogP contribution in [0.15, 0.2) is 16.6 Å². The van der Waals surface area contributed by atoms with Crippen LogP contribution < -0.4 is 10.1 Å². The van der Waals surface area contributed by atoms with Gasteiger partial charge >= 0.3 is 0 Å². The maximum atomic E-state index is 5.31. The first-order valence-electron chi connectivity index (χ1n) is 5.77. The van der Waals surface area contributed by atoms with Crippen molar-refractivity contribution in [2.24, 2.45) is 0 Å². The number of piperidine rings is 1. The summed E-state index contributed by atoms with van der Waals surface area (Å²) in [6.45, 7) is 4.42. The quantitative estimate of drug-likeness (QED) is 0.900. The predicted molar refractivity (Wildman–Crippen MR) is 70.3 cm³/mol. The van der Waals surface area contributed by atoms with E-state index in [-0.39, 0.29) is 0 Å². The molecule has 0 bridgehead atoms. The molecule has 1 saturated heterocycles. The highest BCUT2D eigenvalue weighted by molar-refractivity contribution is 9.10. The Morgan fingerprint density at radius 1 is 1.44 bits per heavy atom. The number of benzene rings is 1. The number of ether oxygens (including phenoxy) is 1. The smallest absolute Gasteiger partial charge is 0.133 e. The first-order valence-corrected chi connectivity index (χ1v) is 6.57. The van der Waals surface area contributed by atoms with E-state index in [1.165, 1.54) is 24.0 Å². The number of methoxy groups -OCH3 is 1. The lowest BCUT2D eigenvalue weighted by molar-refractivity contribution is 0.410. The van der Waals surface area contributed by atoms with Gasteiger partial charge in [-0.05, 0) is 65.4 Å². The molecule has 1 aromatic carbocycles. The second-order valence-corrected chi connectivity index (χ2v) is 5.13. The Hall–Kier alpha value is -0.540. The molecule has 16 heavy (non-hydrogen) atoms. The van der Waals surface area contributed by atoms with Gasteiger partial charge < -0.3 is 10.1 Å². The van der Waals surface area contributed by atoms with E-state index in [4.69, 9.17) is 4.74 Å². The van der Waals surface area contributed by atoms with Gasteiger partial charge in [-0.15, -0.1) is 0 Å². The summed E-state index contributed by atoms with van der Waals surface area (Å²) >= 11 is 3.61. The lowest BCUT2D eigenvalue weighted by Gasteiger charge is -2.25. The molecule has 0 aliphatic carbocycles. The molecular formula is C13H18BrNO. The minimum Gasteiger partial charge on any atom is -0.496 e. The molecule has 1 atom stereocenters. The molecule has 88 valence electrons. The van der Waals surface area contributed by atoms with Gasteiger partial charge in [0.05, 0.1) is 11.6 Å². The molecule has 1 aliphatic rings. The van der Waals surface area contributed by atoms with E-state index in [1.54, 1.807) is 7.11 Å². The Kier molecular flexibility index (Phi) is 3.87. The van der Waals surface area contributed by atoms with Crippen molar-refractivity contribution in [1.82, 2.24) is 5.32 Å². The normalized spacial score (nSPS) is 20.8. The Bertz CT molecular complexity index is 372. The van der Waals surface area contributed by atoms with Gasteiger partial charge in [0.25, 0.3) is 0 Å². The molecule has 0 aromatic heterocycles. The molecule has 1 heterocycles. The fraction of sp³-hybridized carbons (Fsp3) is 0.538. The standard InChI is InChI=1S/C13H18BrNO/c1-9-11(10-4-3-7-15-8-10)5-6-12(16-2)13(9)14/h5-6,10,15H,3-4,7-8H2,1-2H3. The molecule has 1 aromatic rings. The van der Waals surface area contributed by atoms with E-state index in [0.717, 1.165) is 23.3 Å². The SMILES string of the molecule is COc1ccc(C2CCCNC2)c(C)c1Br. The van der Waals surface area contributed by atoms with E-state index in [0.29, 0.717) is 5.92 Å². The number of nitrogens with one attached hydrogen (secondary N) is 1. The van der Waals surface area contributed by atoms with E-state index in [9.17, 15) is 0 Å². The largest absolute Gasteiger partial charge is 0.496 e. The molecule has 1 unspecified atom stereocenters. The van der Waals surface area contributed by atoms with Crippen LogP contribution in [0.25, 0.3) is 0 Å². The first-order chi connectivity index (χ1) is 7.74. The van der Waals surface area contributed by atoms with Gasteiger partial charge in [0, 0.05) is 6.54 Å². The van der Waals surface area contributed by atoms with E-state index >= 15 is 0 Å². The minimum atomic E-state index is 0.649. The maximum absolute atomic E-state index is 5.31. The van der Waals surface area contributed by atoms with Crippen LogP contribution >= 0.6 is 15.9 Å². The zero-order valence-electron chi connectivity index (χ0n) is 9.85. The van der Waals surface area contributed by atoms with Gasteiger partial charge in [-0.2, -0.15) is 0 Å². The van der Waals surface area contributed by atoms with Crippen molar-refractivity contribution in [3.63, 3.8) is 0 Å². The maximum Gasteiger partial charge on any atom is 0.133 e. The molecular weight excluding hydrogens is 266 g/mol. The summed E-state index contributed by atoms with van der Waals surface area (Å²) in [6, 6.07) is 4.26. The highest BCUT2D eigenvalue weighted by Gasteiger charge is 2.19. The number of hydrogen-bond acceptors (Lipinski definition) is 2. The van der Waals surface area contributed by atoms with Crippen LogP contribution in [-0.2, 0) is 0 Å². The lowest BCUT2D eigenvalue weighted by atomic mass is 9.89. The highest BCUT2D eigenvalue weighted by atomic mass is 79.9. The summed E-state index contributed by atoms with van der Waals surface area (Å²) in [4.78, 5) is 0. The third kappa shape index (κ3) is 2.25. The second kappa shape index (κ2) is 5.19. The molecule has 1 aliphatic heterocycles. The van der Waals surface area contributed by atoms with Gasteiger partial charge in [0.2, 0.25) is 0 Å². The van der Waals surface area contributed by atoms with E-state index in [1.807, 2.05) is 0 Å². The molecule has 0 amide bonds. The summed E-state index contributed by atoms with van der Waals surface area (Å²) in [7, 11) is 1.71. The van der Waals surface area contributed by atoms with Gasteiger partial charge in [-0.3, -0.25) is 0 Å². The van der Waals surface area contributed by atoms with Crippen molar-refractivity contribution in [2.75, 3.05) is 20.2 Å². The van der Waals surface area contributed by atoms with Gasteiger partial charge in [-0.1, -0.05) is 6.07 Å². The van der Waals surface area contributed by atoms with Crippen molar-refractivity contribution in [2.45, 2.75) is 25.7 Å². The van der Waals surface area contributed by atoms with Crippen LogP contribution in [0, 0.1) is 6.92 Å². The number of halogens is 1.